The molecule has 0 saturated carbocycles. The first-order chi connectivity index (χ1) is 8.11. The Hall–Kier alpha value is -2.12. The molecule has 0 fully saturated rings. The van der Waals surface area contributed by atoms with Crippen LogP contribution in [0, 0.1) is 23.7 Å². The number of carbonyl (C=O) groups is 4. The second-order valence-corrected chi connectivity index (χ2v) is 3.98. The van der Waals surface area contributed by atoms with Crippen LogP contribution < -0.4 is 0 Å². The van der Waals surface area contributed by atoms with Gasteiger partial charge in [0, 0.05) is 0 Å². The molecule has 0 saturated heterocycles. The van der Waals surface area contributed by atoms with Gasteiger partial charge in [0.1, 0.15) is 0 Å². The van der Waals surface area contributed by atoms with Gasteiger partial charge in [-0.3, -0.25) is 19.2 Å². The van der Waals surface area contributed by atoms with Gasteiger partial charge in [-0.25, -0.2) is 0 Å². The number of hydrogen-bond acceptors (Lipinski definition) is 4. The molecule has 0 aliphatic heterocycles. The lowest BCUT2D eigenvalue weighted by Crippen LogP contribution is -2.42. The highest BCUT2D eigenvalue weighted by Gasteiger charge is 2.45. The van der Waals surface area contributed by atoms with E-state index in [1.54, 1.807) is 0 Å². The van der Waals surface area contributed by atoms with Gasteiger partial charge in [0.2, 0.25) is 0 Å². The van der Waals surface area contributed by atoms with Crippen molar-refractivity contribution in [2.75, 3.05) is 0 Å². The molecule has 0 bridgehead atoms. The lowest BCUT2D eigenvalue weighted by Gasteiger charge is -2.26. The Morgan fingerprint density at radius 3 is 0.944 bits per heavy atom. The molecule has 0 aliphatic carbocycles. The Morgan fingerprint density at radius 1 is 0.611 bits per heavy atom. The van der Waals surface area contributed by atoms with Crippen molar-refractivity contribution in [1.82, 2.24) is 0 Å². The van der Waals surface area contributed by atoms with E-state index in [4.69, 9.17) is 20.4 Å². The quantitative estimate of drug-likeness (QED) is 0.494. The Kier molecular flexibility index (Phi) is 5.28. The van der Waals surface area contributed by atoms with E-state index in [0.717, 1.165) is 13.8 Å². The maximum atomic E-state index is 11.0. The number of carboxylic acids is 4. The molecule has 0 radical (unpaired) electrons. The van der Waals surface area contributed by atoms with Crippen molar-refractivity contribution < 1.29 is 39.6 Å². The van der Waals surface area contributed by atoms with Gasteiger partial charge in [0.15, 0.2) is 0 Å². The summed E-state index contributed by atoms with van der Waals surface area (Å²) in [6.07, 6.45) is 0. The SMILES string of the molecule is CC(C(=O)O)C(C(=O)O)C(C(=O)O)C(C)C(=O)O. The van der Waals surface area contributed by atoms with Gasteiger partial charge < -0.3 is 20.4 Å². The molecule has 0 spiro atoms. The topological polar surface area (TPSA) is 149 Å². The molecule has 8 heteroatoms. The molecule has 0 aromatic rings. The molecule has 0 heterocycles. The fraction of sp³-hybridized carbons (Fsp3) is 0.600. The van der Waals surface area contributed by atoms with E-state index in [-0.39, 0.29) is 0 Å². The van der Waals surface area contributed by atoms with Gasteiger partial charge in [-0.15, -0.1) is 0 Å². The van der Waals surface area contributed by atoms with Crippen LogP contribution in [0.4, 0.5) is 0 Å². The fourth-order valence-electron chi connectivity index (χ4n) is 1.66. The van der Waals surface area contributed by atoms with Crippen LogP contribution in [0.1, 0.15) is 13.8 Å². The molecule has 0 amide bonds. The molecule has 4 atom stereocenters. The molecule has 4 N–H and O–H groups in total. The third-order valence-electron chi connectivity index (χ3n) is 2.81. The minimum atomic E-state index is -1.81. The van der Waals surface area contributed by atoms with Gasteiger partial charge >= 0.3 is 23.9 Å². The minimum Gasteiger partial charge on any atom is -0.481 e. The molecule has 0 aliphatic rings. The summed E-state index contributed by atoms with van der Waals surface area (Å²) >= 11 is 0. The van der Waals surface area contributed by atoms with Crippen molar-refractivity contribution in [3.63, 3.8) is 0 Å². The van der Waals surface area contributed by atoms with Crippen molar-refractivity contribution in [3.05, 3.63) is 0 Å². The third kappa shape index (κ3) is 3.44. The summed E-state index contributed by atoms with van der Waals surface area (Å²) in [5.41, 5.74) is 0. The summed E-state index contributed by atoms with van der Waals surface area (Å²) in [5.74, 6) is -12.9. The highest BCUT2D eigenvalue weighted by atomic mass is 16.4. The van der Waals surface area contributed by atoms with Crippen molar-refractivity contribution in [2.45, 2.75) is 13.8 Å². The first kappa shape index (κ1) is 15.9. The highest BCUT2D eigenvalue weighted by molar-refractivity contribution is 5.88. The lowest BCUT2D eigenvalue weighted by molar-refractivity contribution is -0.167. The van der Waals surface area contributed by atoms with E-state index in [9.17, 15) is 19.2 Å². The number of rotatable bonds is 7. The van der Waals surface area contributed by atoms with Gasteiger partial charge in [0.05, 0.1) is 23.7 Å². The molecular weight excluding hydrogens is 248 g/mol. The van der Waals surface area contributed by atoms with Crippen LogP contribution in [-0.2, 0) is 19.2 Å². The average molecular weight is 262 g/mol. The fourth-order valence-corrected chi connectivity index (χ4v) is 1.66. The van der Waals surface area contributed by atoms with E-state index in [0.29, 0.717) is 0 Å². The van der Waals surface area contributed by atoms with E-state index in [1.807, 2.05) is 0 Å². The highest BCUT2D eigenvalue weighted by Crippen LogP contribution is 2.29. The number of hydrogen-bond donors (Lipinski definition) is 4. The zero-order chi connectivity index (χ0) is 14.6. The predicted octanol–water partition coefficient (Wildman–Crippen LogP) is -0.171. The van der Waals surface area contributed by atoms with E-state index in [1.165, 1.54) is 0 Å². The van der Waals surface area contributed by atoms with Gasteiger partial charge in [-0.2, -0.15) is 0 Å². The smallest absolute Gasteiger partial charge is 0.308 e. The predicted molar refractivity (Wildman–Crippen MR) is 55.9 cm³/mol. The monoisotopic (exact) mass is 262 g/mol. The van der Waals surface area contributed by atoms with Crippen LogP contribution in [0.3, 0.4) is 0 Å². The number of carboxylic acid groups (broad SMARTS) is 4. The largest absolute Gasteiger partial charge is 0.481 e. The summed E-state index contributed by atoms with van der Waals surface area (Å²) in [6.45, 7) is 2.07. The summed E-state index contributed by atoms with van der Waals surface area (Å²) in [5, 5.41) is 35.3. The molecule has 0 aromatic carbocycles. The zero-order valence-electron chi connectivity index (χ0n) is 9.73. The van der Waals surface area contributed by atoms with Crippen LogP contribution >= 0.6 is 0 Å². The van der Waals surface area contributed by atoms with Gasteiger partial charge in [0.25, 0.3) is 0 Å². The van der Waals surface area contributed by atoms with E-state index >= 15 is 0 Å². The molecule has 102 valence electrons. The molecule has 8 nitrogen and oxygen atoms in total. The first-order valence-electron chi connectivity index (χ1n) is 5.02. The van der Waals surface area contributed by atoms with Crippen LogP contribution in [-0.4, -0.2) is 44.3 Å². The zero-order valence-corrected chi connectivity index (χ0v) is 9.73. The summed E-state index contributed by atoms with van der Waals surface area (Å²) in [4.78, 5) is 43.5. The van der Waals surface area contributed by atoms with Crippen molar-refractivity contribution >= 4 is 23.9 Å². The Labute approximate surface area is 102 Å². The van der Waals surface area contributed by atoms with Gasteiger partial charge in [-0.05, 0) is 0 Å². The van der Waals surface area contributed by atoms with Crippen molar-refractivity contribution in [3.8, 4) is 0 Å². The Balaban J connectivity index is 5.52. The second-order valence-electron chi connectivity index (χ2n) is 3.98. The standard InChI is InChI=1S/C10H14O8/c1-3(7(11)12)5(9(15)16)6(10(17)18)4(2)8(13)14/h3-6H,1-2H3,(H,11,12)(H,13,14)(H,15,16)(H,17,18). The minimum absolute atomic E-state index is 1.03. The Morgan fingerprint density at radius 2 is 0.833 bits per heavy atom. The molecule has 0 rings (SSSR count). The maximum Gasteiger partial charge on any atom is 0.308 e. The normalized spacial score (nSPS) is 17.2. The number of aliphatic carboxylic acids is 4. The van der Waals surface area contributed by atoms with Crippen molar-refractivity contribution in [2.24, 2.45) is 23.7 Å². The van der Waals surface area contributed by atoms with E-state index < -0.39 is 47.5 Å². The van der Waals surface area contributed by atoms with Crippen molar-refractivity contribution in [1.29, 1.82) is 0 Å². The van der Waals surface area contributed by atoms with Crippen LogP contribution in [0.15, 0.2) is 0 Å². The maximum absolute atomic E-state index is 11.0. The van der Waals surface area contributed by atoms with Crippen LogP contribution in [0.2, 0.25) is 0 Å². The Bertz CT molecular complexity index is 338. The van der Waals surface area contributed by atoms with E-state index in [2.05, 4.69) is 0 Å². The molecular formula is C10H14O8. The lowest BCUT2D eigenvalue weighted by atomic mass is 9.76. The third-order valence-corrected chi connectivity index (χ3v) is 2.81. The second kappa shape index (κ2) is 5.99. The molecule has 0 aromatic heterocycles. The molecule has 4 unspecified atom stereocenters. The first-order valence-corrected chi connectivity index (χ1v) is 5.02. The van der Waals surface area contributed by atoms with Crippen LogP contribution in [0.25, 0.3) is 0 Å². The summed E-state index contributed by atoms with van der Waals surface area (Å²) in [6, 6.07) is 0. The summed E-state index contributed by atoms with van der Waals surface area (Å²) < 4.78 is 0. The molecule has 18 heavy (non-hydrogen) atoms. The van der Waals surface area contributed by atoms with Gasteiger partial charge in [-0.1, -0.05) is 13.8 Å². The van der Waals surface area contributed by atoms with Crippen LogP contribution in [0.5, 0.6) is 0 Å². The summed E-state index contributed by atoms with van der Waals surface area (Å²) in [7, 11) is 0. The average Bonchev–Trinajstić information content (AvgIpc) is 2.22.